The molecular formula is C14H20N4O. The molecule has 5 nitrogen and oxygen atoms in total. The summed E-state index contributed by atoms with van der Waals surface area (Å²) >= 11 is 0. The first-order valence-electron chi connectivity index (χ1n) is 6.54. The van der Waals surface area contributed by atoms with Crippen molar-refractivity contribution in [1.82, 2.24) is 9.78 Å². The van der Waals surface area contributed by atoms with Crippen molar-refractivity contribution < 1.29 is 4.74 Å². The first-order chi connectivity index (χ1) is 9.31. The normalized spacial score (nSPS) is 10.4. The van der Waals surface area contributed by atoms with Gasteiger partial charge in [0.15, 0.2) is 0 Å². The highest BCUT2D eigenvalue weighted by molar-refractivity contribution is 5.72. The molecule has 2 aromatic rings. The van der Waals surface area contributed by atoms with E-state index in [1.54, 1.807) is 6.20 Å². The molecule has 0 saturated carbocycles. The Bertz CT molecular complexity index is 496. The topological polar surface area (TPSA) is 65.1 Å². The molecule has 2 rings (SSSR count). The molecule has 5 heteroatoms. The largest absolute Gasteiger partial charge is 0.491 e. The molecule has 102 valence electrons. The molecule has 0 atom stereocenters. The maximum absolute atomic E-state index is 6.07. The van der Waals surface area contributed by atoms with E-state index in [9.17, 15) is 0 Å². The third-order valence-electron chi connectivity index (χ3n) is 2.74. The molecule has 1 aromatic heterocycles. The molecule has 0 aliphatic rings. The van der Waals surface area contributed by atoms with Crippen LogP contribution in [0.3, 0.4) is 0 Å². The maximum Gasteiger partial charge on any atom is 0.144 e. The lowest BCUT2D eigenvalue weighted by molar-refractivity contribution is 0.319. The maximum atomic E-state index is 6.07. The SMILES string of the molecule is CCCOc1cccc(NCCn2cccn2)c1N. The molecule has 1 heterocycles. The summed E-state index contributed by atoms with van der Waals surface area (Å²) < 4.78 is 7.47. The summed E-state index contributed by atoms with van der Waals surface area (Å²) in [6.07, 6.45) is 4.68. The summed E-state index contributed by atoms with van der Waals surface area (Å²) in [5.74, 6) is 0.742. The number of para-hydroxylation sites is 1. The van der Waals surface area contributed by atoms with Gasteiger partial charge < -0.3 is 15.8 Å². The molecule has 0 aliphatic heterocycles. The third-order valence-corrected chi connectivity index (χ3v) is 2.74. The number of nitrogens with two attached hydrogens (primary N) is 1. The quantitative estimate of drug-likeness (QED) is 0.750. The van der Waals surface area contributed by atoms with Crippen molar-refractivity contribution in [2.75, 3.05) is 24.2 Å². The van der Waals surface area contributed by atoms with Gasteiger partial charge in [0.05, 0.1) is 24.5 Å². The molecule has 19 heavy (non-hydrogen) atoms. The van der Waals surface area contributed by atoms with Crippen LogP contribution < -0.4 is 15.8 Å². The van der Waals surface area contributed by atoms with Gasteiger partial charge in [0.1, 0.15) is 5.75 Å². The molecule has 0 aliphatic carbocycles. The van der Waals surface area contributed by atoms with Crippen LogP contribution in [0.2, 0.25) is 0 Å². The number of hydrogen-bond donors (Lipinski definition) is 2. The molecule has 0 radical (unpaired) electrons. The zero-order chi connectivity index (χ0) is 13.5. The van der Waals surface area contributed by atoms with Gasteiger partial charge in [0.2, 0.25) is 0 Å². The summed E-state index contributed by atoms with van der Waals surface area (Å²) in [6.45, 7) is 4.32. The molecule has 3 N–H and O–H groups in total. The van der Waals surface area contributed by atoms with Crippen molar-refractivity contribution in [1.29, 1.82) is 0 Å². The first kappa shape index (κ1) is 13.3. The number of anilines is 2. The van der Waals surface area contributed by atoms with Crippen LogP contribution in [-0.2, 0) is 6.54 Å². The van der Waals surface area contributed by atoms with E-state index in [1.165, 1.54) is 0 Å². The summed E-state index contributed by atoms with van der Waals surface area (Å²) in [4.78, 5) is 0. The minimum atomic E-state index is 0.663. The highest BCUT2D eigenvalue weighted by Gasteiger charge is 2.05. The summed E-state index contributed by atoms with van der Waals surface area (Å²) in [7, 11) is 0. The van der Waals surface area contributed by atoms with Crippen LogP contribution in [0.25, 0.3) is 0 Å². The van der Waals surface area contributed by atoms with Crippen molar-refractivity contribution >= 4 is 11.4 Å². The molecular weight excluding hydrogens is 240 g/mol. The van der Waals surface area contributed by atoms with E-state index in [4.69, 9.17) is 10.5 Å². The Morgan fingerprint density at radius 1 is 1.37 bits per heavy atom. The van der Waals surface area contributed by atoms with Gasteiger partial charge in [-0.1, -0.05) is 13.0 Å². The van der Waals surface area contributed by atoms with E-state index in [2.05, 4.69) is 17.3 Å². The number of rotatable bonds is 7. The van der Waals surface area contributed by atoms with Gasteiger partial charge in [-0.25, -0.2) is 0 Å². The molecule has 0 fully saturated rings. The van der Waals surface area contributed by atoms with Gasteiger partial charge in [0.25, 0.3) is 0 Å². The van der Waals surface area contributed by atoms with E-state index >= 15 is 0 Å². The van der Waals surface area contributed by atoms with E-state index in [1.807, 2.05) is 35.1 Å². The Kier molecular flexibility index (Phi) is 4.66. The van der Waals surface area contributed by atoms with Crippen LogP contribution in [0.4, 0.5) is 11.4 Å². The predicted molar refractivity (Wildman–Crippen MR) is 77.4 cm³/mol. The van der Waals surface area contributed by atoms with Gasteiger partial charge in [-0.15, -0.1) is 0 Å². The van der Waals surface area contributed by atoms with Gasteiger partial charge in [-0.2, -0.15) is 5.10 Å². The Hall–Kier alpha value is -2.17. The lowest BCUT2D eigenvalue weighted by Crippen LogP contribution is -2.12. The summed E-state index contributed by atoms with van der Waals surface area (Å²) in [6, 6.07) is 7.70. The van der Waals surface area contributed by atoms with Crippen LogP contribution in [0.5, 0.6) is 5.75 Å². The van der Waals surface area contributed by atoms with Crippen molar-refractivity contribution in [3.05, 3.63) is 36.7 Å². The number of benzene rings is 1. The van der Waals surface area contributed by atoms with E-state index in [-0.39, 0.29) is 0 Å². The first-order valence-corrected chi connectivity index (χ1v) is 6.54. The van der Waals surface area contributed by atoms with E-state index in [0.717, 1.165) is 30.9 Å². The number of nitrogens with one attached hydrogen (secondary N) is 1. The van der Waals surface area contributed by atoms with Gasteiger partial charge in [-0.05, 0) is 24.6 Å². The fourth-order valence-corrected chi connectivity index (χ4v) is 1.77. The fraction of sp³-hybridized carbons (Fsp3) is 0.357. The second-order valence-electron chi connectivity index (χ2n) is 4.26. The Morgan fingerprint density at radius 3 is 3.00 bits per heavy atom. The molecule has 0 spiro atoms. The lowest BCUT2D eigenvalue weighted by atomic mass is 10.2. The average molecular weight is 260 g/mol. The lowest BCUT2D eigenvalue weighted by Gasteiger charge is -2.13. The molecule has 0 amide bonds. The Balaban J connectivity index is 1.92. The van der Waals surface area contributed by atoms with Crippen molar-refractivity contribution in [2.45, 2.75) is 19.9 Å². The van der Waals surface area contributed by atoms with Crippen molar-refractivity contribution in [2.24, 2.45) is 0 Å². The second kappa shape index (κ2) is 6.68. The second-order valence-corrected chi connectivity index (χ2v) is 4.26. The smallest absolute Gasteiger partial charge is 0.144 e. The number of nitrogen functional groups attached to an aromatic ring is 1. The number of ether oxygens (including phenoxy) is 1. The highest BCUT2D eigenvalue weighted by atomic mass is 16.5. The van der Waals surface area contributed by atoms with Crippen LogP contribution in [0.15, 0.2) is 36.7 Å². The third kappa shape index (κ3) is 3.64. The number of hydrogen-bond acceptors (Lipinski definition) is 4. The molecule has 1 aromatic carbocycles. The molecule has 0 unspecified atom stereocenters. The van der Waals surface area contributed by atoms with Crippen molar-refractivity contribution in [3.63, 3.8) is 0 Å². The van der Waals surface area contributed by atoms with E-state index in [0.29, 0.717) is 12.3 Å². The summed E-state index contributed by atoms with van der Waals surface area (Å²) in [5.41, 5.74) is 7.64. The molecule has 0 bridgehead atoms. The molecule has 0 saturated heterocycles. The van der Waals surface area contributed by atoms with Gasteiger partial charge in [0, 0.05) is 18.9 Å². The highest BCUT2D eigenvalue weighted by Crippen LogP contribution is 2.29. The summed E-state index contributed by atoms with van der Waals surface area (Å²) in [5, 5.41) is 7.45. The Labute approximate surface area is 113 Å². The van der Waals surface area contributed by atoms with Crippen LogP contribution in [-0.4, -0.2) is 22.9 Å². The standard InChI is InChI=1S/C14H20N4O/c1-2-11-19-13-6-3-5-12(14(13)15)16-8-10-18-9-4-7-17-18/h3-7,9,16H,2,8,10-11,15H2,1H3. The fourth-order valence-electron chi connectivity index (χ4n) is 1.77. The van der Waals surface area contributed by atoms with E-state index < -0.39 is 0 Å². The predicted octanol–water partition coefficient (Wildman–Crippen LogP) is 2.37. The minimum absolute atomic E-state index is 0.663. The number of aromatic nitrogens is 2. The Morgan fingerprint density at radius 2 is 2.26 bits per heavy atom. The minimum Gasteiger partial charge on any atom is -0.491 e. The zero-order valence-electron chi connectivity index (χ0n) is 11.2. The monoisotopic (exact) mass is 260 g/mol. The van der Waals surface area contributed by atoms with Gasteiger partial charge in [-0.3, -0.25) is 4.68 Å². The average Bonchev–Trinajstić information content (AvgIpc) is 2.92. The van der Waals surface area contributed by atoms with Crippen LogP contribution in [0.1, 0.15) is 13.3 Å². The van der Waals surface area contributed by atoms with Crippen molar-refractivity contribution in [3.8, 4) is 5.75 Å². The number of nitrogens with zero attached hydrogens (tertiary/aromatic N) is 2. The van der Waals surface area contributed by atoms with Gasteiger partial charge >= 0.3 is 0 Å². The van der Waals surface area contributed by atoms with Crippen LogP contribution >= 0.6 is 0 Å². The zero-order valence-corrected chi connectivity index (χ0v) is 11.2. The van der Waals surface area contributed by atoms with Crippen LogP contribution in [0, 0.1) is 0 Å².